The Morgan fingerprint density at radius 3 is 2.89 bits per heavy atom. The minimum atomic E-state index is -0.360. The van der Waals surface area contributed by atoms with E-state index in [2.05, 4.69) is 4.98 Å². The molecule has 0 spiro atoms. The molecule has 1 aliphatic heterocycles. The quantitative estimate of drug-likeness (QED) is 0.819. The Bertz CT molecular complexity index is 520. The Morgan fingerprint density at radius 2 is 2.16 bits per heavy atom. The minimum Gasteiger partial charge on any atom is -0.384 e. The van der Waals surface area contributed by atoms with Gasteiger partial charge in [0, 0.05) is 20.1 Å². The lowest BCUT2D eigenvalue weighted by Gasteiger charge is -2.19. The summed E-state index contributed by atoms with van der Waals surface area (Å²) in [4.78, 5) is 31.1. The summed E-state index contributed by atoms with van der Waals surface area (Å²) in [5.41, 5.74) is 5.66. The molecule has 19 heavy (non-hydrogen) atoms. The van der Waals surface area contributed by atoms with E-state index in [1.165, 1.54) is 17.0 Å². The van der Waals surface area contributed by atoms with E-state index in [4.69, 9.17) is 17.3 Å². The number of amides is 2. The van der Waals surface area contributed by atoms with Gasteiger partial charge in [-0.25, -0.2) is 4.98 Å². The van der Waals surface area contributed by atoms with Crippen LogP contribution in [0, 0.1) is 0 Å². The number of carbonyl (C=O) groups is 2. The summed E-state index contributed by atoms with van der Waals surface area (Å²) in [5.74, 6) is -0.224. The van der Waals surface area contributed by atoms with Crippen LogP contribution in [0.3, 0.4) is 0 Å². The van der Waals surface area contributed by atoms with Crippen LogP contribution >= 0.6 is 11.6 Å². The highest BCUT2D eigenvalue weighted by molar-refractivity contribution is 6.33. The predicted molar refractivity (Wildman–Crippen MR) is 71.8 cm³/mol. The number of carbonyl (C=O) groups excluding carboxylic acids is 2. The number of hydrogen-bond acceptors (Lipinski definition) is 4. The van der Waals surface area contributed by atoms with Crippen molar-refractivity contribution in [3.8, 4) is 0 Å². The molecule has 2 N–H and O–H groups in total. The second kappa shape index (κ2) is 5.44. The molecule has 1 aliphatic rings. The van der Waals surface area contributed by atoms with Crippen LogP contribution in [0.15, 0.2) is 12.1 Å². The van der Waals surface area contributed by atoms with Crippen LogP contribution in [0.4, 0.5) is 5.82 Å². The number of hydrogen-bond donors (Lipinski definition) is 1. The number of likely N-dealkylation sites (N-methyl/N-ethyl adjacent to an activating group) is 1. The molecule has 2 amide bonds. The molecule has 0 saturated carbocycles. The Kier molecular flexibility index (Phi) is 3.90. The van der Waals surface area contributed by atoms with Crippen LogP contribution in [0.2, 0.25) is 5.02 Å². The predicted octanol–water partition coefficient (Wildman–Crippen LogP) is 0.622. The molecule has 102 valence electrons. The summed E-state index contributed by atoms with van der Waals surface area (Å²) in [7, 11) is 1.72. The van der Waals surface area contributed by atoms with Crippen molar-refractivity contribution in [2.45, 2.75) is 6.42 Å². The lowest BCUT2D eigenvalue weighted by molar-refractivity contribution is -0.129. The van der Waals surface area contributed by atoms with E-state index in [9.17, 15) is 9.59 Å². The SMILES string of the molecule is CN1CCCN(C(=O)c2nc(N)ccc2Cl)CC1=O. The summed E-state index contributed by atoms with van der Waals surface area (Å²) < 4.78 is 0. The van der Waals surface area contributed by atoms with E-state index in [0.29, 0.717) is 13.1 Å². The highest BCUT2D eigenvalue weighted by atomic mass is 35.5. The first-order chi connectivity index (χ1) is 8.99. The van der Waals surface area contributed by atoms with Crippen LogP contribution in [-0.4, -0.2) is 53.3 Å². The highest BCUT2D eigenvalue weighted by Crippen LogP contribution is 2.18. The van der Waals surface area contributed by atoms with Gasteiger partial charge in [0.05, 0.1) is 5.02 Å². The van der Waals surface area contributed by atoms with Gasteiger partial charge in [-0.15, -0.1) is 0 Å². The standard InChI is InChI=1S/C12H15ClN4O2/c1-16-5-2-6-17(7-10(16)18)12(19)11-8(13)3-4-9(14)15-11/h3-4H,2,5-7H2,1H3,(H2,14,15). The molecule has 0 aromatic carbocycles. The summed E-state index contributed by atoms with van der Waals surface area (Å²) in [6, 6.07) is 3.06. The van der Waals surface area contributed by atoms with Gasteiger partial charge in [0.2, 0.25) is 5.91 Å². The molecule has 1 aromatic rings. The molecule has 0 bridgehead atoms. The van der Waals surface area contributed by atoms with Gasteiger partial charge in [-0.05, 0) is 18.6 Å². The minimum absolute atomic E-state index is 0.0438. The van der Waals surface area contributed by atoms with Crippen molar-refractivity contribution >= 4 is 29.2 Å². The summed E-state index contributed by atoms with van der Waals surface area (Å²) in [6.45, 7) is 1.19. The van der Waals surface area contributed by atoms with Gasteiger partial charge in [0.25, 0.3) is 5.91 Å². The first kappa shape index (κ1) is 13.6. The average Bonchev–Trinajstić information content (AvgIpc) is 2.54. The third-order valence-corrected chi connectivity index (χ3v) is 3.34. The molecule has 0 unspecified atom stereocenters. The smallest absolute Gasteiger partial charge is 0.274 e. The monoisotopic (exact) mass is 282 g/mol. The topological polar surface area (TPSA) is 79.5 Å². The number of rotatable bonds is 1. The van der Waals surface area contributed by atoms with Crippen molar-refractivity contribution in [1.29, 1.82) is 0 Å². The van der Waals surface area contributed by atoms with E-state index in [0.717, 1.165) is 6.42 Å². The number of halogens is 1. The fourth-order valence-corrected chi connectivity index (χ4v) is 2.10. The van der Waals surface area contributed by atoms with Crippen molar-refractivity contribution in [3.05, 3.63) is 22.8 Å². The van der Waals surface area contributed by atoms with Crippen molar-refractivity contribution < 1.29 is 9.59 Å². The van der Waals surface area contributed by atoms with Crippen molar-refractivity contribution in [2.75, 3.05) is 32.4 Å². The maximum absolute atomic E-state index is 12.3. The van der Waals surface area contributed by atoms with Crippen molar-refractivity contribution in [3.63, 3.8) is 0 Å². The van der Waals surface area contributed by atoms with Crippen molar-refractivity contribution in [2.24, 2.45) is 0 Å². The molecule has 1 fully saturated rings. The van der Waals surface area contributed by atoms with Gasteiger partial charge >= 0.3 is 0 Å². The van der Waals surface area contributed by atoms with E-state index in [-0.39, 0.29) is 34.9 Å². The second-order valence-corrected chi connectivity index (χ2v) is 4.87. The Hall–Kier alpha value is -1.82. The summed E-state index contributed by atoms with van der Waals surface area (Å²) in [6.07, 6.45) is 0.730. The number of nitrogens with zero attached hydrogens (tertiary/aromatic N) is 3. The third-order valence-electron chi connectivity index (χ3n) is 3.03. The summed E-state index contributed by atoms with van der Waals surface area (Å²) in [5, 5.41) is 0.240. The Morgan fingerprint density at radius 1 is 1.42 bits per heavy atom. The lowest BCUT2D eigenvalue weighted by atomic mass is 10.3. The van der Waals surface area contributed by atoms with Gasteiger partial charge in [-0.1, -0.05) is 11.6 Å². The average molecular weight is 283 g/mol. The lowest BCUT2D eigenvalue weighted by Crippen LogP contribution is -2.38. The van der Waals surface area contributed by atoms with Crippen LogP contribution < -0.4 is 5.73 Å². The molecule has 2 heterocycles. The third kappa shape index (κ3) is 2.96. The fourth-order valence-electron chi connectivity index (χ4n) is 1.92. The zero-order chi connectivity index (χ0) is 14.0. The zero-order valence-electron chi connectivity index (χ0n) is 10.6. The van der Waals surface area contributed by atoms with Crippen LogP contribution in [0.5, 0.6) is 0 Å². The maximum Gasteiger partial charge on any atom is 0.274 e. The molecule has 1 aromatic heterocycles. The van der Waals surface area contributed by atoms with Gasteiger partial charge in [0.15, 0.2) is 0 Å². The molecular weight excluding hydrogens is 268 g/mol. The molecule has 0 radical (unpaired) electrons. The highest BCUT2D eigenvalue weighted by Gasteiger charge is 2.26. The Balaban J connectivity index is 2.23. The first-order valence-electron chi connectivity index (χ1n) is 5.94. The second-order valence-electron chi connectivity index (χ2n) is 4.46. The van der Waals surface area contributed by atoms with Gasteiger partial charge in [-0.2, -0.15) is 0 Å². The Labute approximate surface area is 116 Å². The largest absolute Gasteiger partial charge is 0.384 e. The van der Waals surface area contributed by atoms with Crippen molar-refractivity contribution in [1.82, 2.24) is 14.8 Å². The van der Waals surface area contributed by atoms with E-state index >= 15 is 0 Å². The first-order valence-corrected chi connectivity index (χ1v) is 6.32. The molecule has 1 saturated heterocycles. The molecule has 6 nitrogen and oxygen atoms in total. The van der Waals surface area contributed by atoms with Crippen LogP contribution in [0.25, 0.3) is 0 Å². The fraction of sp³-hybridized carbons (Fsp3) is 0.417. The van der Waals surface area contributed by atoms with Gasteiger partial charge in [-0.3, -0.25) is 9.59 Å². The van der Waals surface area contributed by atoms with E-state index < -0.39 is 0 Å². The molecule has 0 aliphatic carbocycles. The van der Waals surface area contributed by atoms with Crippen LogP contribution in [0.1, 0.15) is 16.9 Å². The van der Waals surface area contributed by atoms with E-state index in [1.54, 1.807) is 11.9 Å². The van der Waals surface area contributed by atoms with E-state index in [1.807, 2.05) is 0 Å². The number of aromatic nitrogens is 1. The van der Waals surface area contributed by atoms with Gasteiger partial charge in [0.1, 0.15) is 18.1 Å². The zero-order valence-corrected chi connectivity index (χ0v) is 11.4. The number of anilines is 1. The number of nitrogen functional groups attached to an aromatic ring is 1. The van der Waals surface area contributed by atoms with Gasteiger partial charge < -0.3 is 15.5 Å². The van der Waals surface area contributed by atoms with Crippen LogP contribution in [-0.2, 0) is 4.79 Å². The number of nitrogens with two attached hydrogens (primary N) is 1. The molecular formula is C12H15ClN4O2. The molecule has 2 rings (SSSR count). The number of pyridine rings is 1. The maximum atomic E-state index is 12.3. The molecule has 0 atom stereocenters. The summed E-state index contributed by atoms with van der Waals surface area (Å²) >= 11 is 5.96. The molecule has 7 heteroatoms. The normalized spacial score (nSPS) is 16.4.